The van der Waals surface area contributed by atoms with Gasteiger partial charge in [0.05, 0.1) is 22.8 Å². The molecule has 1 aromatic heterocycles. The van der Waals surface area contributed by atoms with E-state index >= 15 is 0 Å². The third-order valence-corrected chi connectivity index (χ3v) is 5.46. The van der Waals surface area contributed by atoms with E-state index in [-0.39, 0.29) is 11.9 Å². The van der Waals surface area contributed by atoms with Crippen molar-refractivity contribution in [2.24, 2.45) is 0 Å². The predicted octanol–water partition coefficient (Wildman–Crippen LogP) is 4.33. The number of benzene rings is 2. The molecule has 2 aromatic carbocycles. The Balaban J connectivity index is 1.74. The van der Waals surface area contributed by atoms with E-state index < -0.39 is 0 Å². The lowest BCUT2D eigenvalue weighted by Crippen LogP contribution is -2.49. The summed E-state index contributed by atoms with van der Waals surface area (Å²) in [6.07, 6.45) is 0. The van der Waals surface area contributed by atoms with Crippen molar-refractivity contribution in [3.8, 4) is 0 Å². The molecule has 1 fully saturated rings. The summed E-state index contributed by atoms with van der Waals surface area (Å²) in [7, 11) is 2.10. The number of likely N-dealkylation sites (N-methyl/N-ethyl adjacent to an activating group) is 1. The van der Waals surface area contributed by atoms with Crippen molar-refractivity contribution >= 4 is 28.4 Å². The molecule has 138 valence electrons. The van der Waals surface area contributed by atoms with Crippen LogP contribution in [-0.2, 0) is 0 Å². The van der Waals surface area contributed by atoms with Crippen LogP contribution in [0.3, 0.4) is 0 Å². The van der Waals surface area contributed by atoms with Crippen molar-refractivity contribution in [3.05, 3.63) is 76.4 Å². The van der Waals surface area contributed by atoms with Crippen LogP contribution in [-0.4, -0.2) is 47.4 Å². The van der Waals surface area contributed by atoms with Crippen LogP contribution in [0.5, 0.6) is 0 Å². The number of aromatic nitrogens is 1. The Bertz CT molecular complexity index is 990. The van der Waals surface area contributed by atoms with Crippen LogP contribution in [0.1, 0.15) is 27.7 Å². The van der Waals surface area contributed by atoms with Crippen LogP contribution >= 0.6 is 11.6 Å². The van der Waals surface area contributed by atoms with Crippen molar-refractivity contribution in [3.63, 3.8) is 0 Å². The molecule has 3 aromatic rings. The van der Waals surface area contributed by atoms with Crippen LogP contribution in [0.25, 0.3) is 10.9 Å². The molecule has 1 aliphatic heterocycles. The molecule has 4 nitrogen and oxygen atoms in total. The van der Waals surface area contributed by atoms with Crippen molar-refractivity contribution in [2.75, 3.05) is 26.7 Å². The van der Waals surface area contributed by atoms with E-state index in [4.69, 9.17) is 11.6 Å². The van der Waals surface area contributed by atoms with Crippen LogP contribution in [0.2, 0.25) is 5.02 Å². The molecule has 2 heterocycles. The van der Waals surface area contributed by atoms with Gasteiger partial charge in [-0.15, -0.1) is 0 Å². The van der Waals surface area contributed by atoms with Gasteiger partial charge in [-0.25, -0.2) is 0 Å². The van der Waals surface area contributed by atoms with Gasteiger partial charge >= 0.3 is 0 Å². The van der Waals surface area contributed by atoms with Gasteiger partial charge in [0.2, 0.25) is 0 Å². The highest BCUT2D eigenvalue weighted by Crippen LogP contribution is 2.28. The average Bonchev–Trinajstić information content (AvgIpc) is 2.68. The van der Waals surface area contributed by atoms with Gasteiger partial charge in [0, 0.05) is 30.0 Å². The zero-order chi connectivity index (χ0) is 19.0. The van der Waals surface area contributed by atoms with Crippen LogP contribution in [0.15, 0.2) is 54.6 Å². The molecular weight excluding hydrogens is 358 g/mol. The van der Waals surface area contributed by atoms with Gasteiger partial charge in [-0.3, -0.25) is 9.78 Å². The number of fused-ring (bicyclic) bond motifs is 1. The average molecular weight is 380 g/mol. The number of rotatable bonds is 2. The Hall–Kier alpha value is -2.43. The van der Waals surface area contributed by atoms with Crippen LogP contribution in [0.4, 0.5) is 0 Å². The van der Waals surface area contributed by atoms with Gasteiger partial charge < -0.3 is 9.80 Å². The summed E-state index contributed by atoms with van der Waals surface area (Å²) >= 11 is 6.13. The molecule has 1 unspecified atom stereocenters. The first-order valence-corrected chi connectivity index (χ1v) is 9.52. The van der Waals surface area contributed by atoms with E-state index in [1.54, 1.807) is 0 Å². The minimum absolute atomic E-state index is 0.0313. The number of pyridine rings is 1. The molecule has 1 amide bonds. The zero-order valence-electron chi connectivity index (χ0n) is 15.5. The first kappa shape index (κ1) is 18.0. The molecule has 0 N–H and O–H groups in total. The second-order valence-corrected chi connectivity index (χ2v) is 7.58. The molecule has 0 aliphatic carbocycles. The highest BCUT2D eigenvalue weighted by atomic mass is 35.5. The van der Waals surface area contributed by atoms with E-state index in [9.17, 15) is 4.79 Å². The molecule has 0 bridgehead atoms. The Kier molecular flexibility index (Phi) is 4.85. The normalized spacial score (nSPS) is 18.0. The molecule has 1 atom stereocenters. The Morgan fingerprint density at radius 1 is 1.11 bits per heavy atom. The highest BCUT2D eigenvalue weighted by Gasteiger charge is 2.31. The summed E-state index contributed by atoms with van der Waals surface area (Å²) < 4.78 is 0. The minimum Gasteiger partial charge on any atom is -0.329 e. The monoisotopic (exact) mass is 379 g/mol. The fourth-order valence-electron chi connectivity index (χ4n) is 3.74. The maximum atomic E-state index is 13.5. The lowest BCUT2D eigenvalue weighted by atomic mass is 10.0. The van der Waals surface area contributed by atoms with E-state index in [0.29, 0.717) is 17.1 Å². The first-order valence-electron chi connectivity index (χ1n) is 9.14. The summed E-state index contributed by atoms with van der Waals surface area (Å²) in [6, 6.07) is 17.8. The smallest absolute Gasteiger partial charge is 0.256 e. The van der Waals surface area contributed by atoms with E-state index in [1.165, 1.54) is 0 Å². The quantitative estimate of drug-likeness (QED) is 0.665. The summed E-state index contributed by atoms with van der Waals surface area (Å²) in [5.74, 6) is 0.0313. The third kappa shape index (κ3) is 3.55. The van der Waals surface area contributed by atoms with Gasteiger partial charge in [0.15, 0.2) is 0 Å². The van der Waals surface area contributed by atoms with Crippen molar-refractivity contribution in [1.82, 2.24) is 14.8 Å². The van der Waals surface area contributed by atoms with Gasteiger partial charge in [-0.2, -0.15) is 0 Å². The topological polar surface area (TPSA) is 36.4 Å². The highest BCUT2D eigenvalue weighted by molar-refractivity contribution is 6.31. The molecule has 4 rings (SSSR count). The number of nitrogens with zero attached hydrogens (tertiary/aromatic N) is 3. The molecule has 1 saturated heterocycles. The first-order chi connectivity index (χ1) is 13.0. The number of carbonyl (C=O) groups excluding carboxylic acids is 1. The second-order valence-electron chi connectivity index (χ2n) is 7.15. The number of hydrogen-bond acceptors (Lipinski definition) is 3. The number of halogens is 1. The Labute approximate surface area is 164 Å². The number of amides is 1. The molecular formula is C22H22ClN3O. The van der Waals surface area contributed by atoms with E-state index in [0.717, 1.165) is 35.2 Å². The van der Waals surface area contributed by atoms with Crippen molar-refractivity contribution < 1.29 is 4.79 Å². The molecule has 0 spiro atoms. The van der Waals surface area contributed by atoms with Crippen LogP contribution < -0.4 is 0 Å². The molecule has 0 radical (unpaired) electrons. The predicted molar refractivity (Wildman–Crippen MR) is 109 cm³/mol. The fraction of sp³-hybridized carbons (Fsp3) is 0.273. The van der Waals surface area contributed by atoms with Gasteiger partial charge in [0.25, 0.3) is 5.91 Å². The summed E-state index contributed by atoms with van der Waals surface area (Å²) in [5.41, 5.74) is 3.41. The summed E-state index contributed by atoms with van der Waals surface area (Å²) in [6.45, 7) is 4.28. The fourth-order valence-corrected chi connectivity index (χ4v) is 3.92. The SMILES string of the molecule is Cc1nc2ccc(Cl)cc2cc1C(=O)N1CCN(C)CC1c1ccccc1. The van der Waals surface area contributed by atoms with Gasteiger partial charge in [-0.1, -0.05) is 41.9 Å². The van der Waals surface area contributed by atoms with E-state index in [1.807, 2.05) is 54.3 Å². The van der Waals surface area contributed by atoms with Gasteiger partial charge in [-0.05, 0) is 43.8 Å². The Morgan fingerprint density at radius 3 is 2.67 bits per heavy atom. The molecule has 0 saturated carbocycles. The number of aryl methyl sites for hydroxylation is 1. The van der Waals surface area contributed by atoms with Crippen LogP contribution in [0, 0.1) is 6.92 Å². The summed E-state index contributed by atoms with van der Waals surface area (Å²) in [4.78, 5) is 22.4. The lowest BCUT2D eigenvalue weighted by molar-refractivity contribution is 0.0497. The van der Waals surface area contributed by atoms with Gasteiger partial charge in [0.1, 0.15) is 0 Å². The van der Waals surface area contributed by atoms with Crippen molar-refractivity contribution in [1.29, 1.82) is 0 Å². The number of carbonyl (C=O) groups is 1. The Morgan fingerprint density at radius 2 is 1.89 bits per heavy atom. The molecule has 27 heavy (non-hydrogen) atoms. The lowest BCUT2D eigenvalue weighted by Gasteiger charge is -2.40. The zero-order valence-corrected chi connectivity index (χ0v) is 16.3. The maximum absolute atomic E-state index is 13.5. The maximum Gasteiger partial charge on any atom is 0.256 e. The summed E-state index contributed by atoms with van der Waals surface area (Å²) in [5, 5.41) is 1.54. The second kappa shape index (κ2) is 7.29. The number of piperazine rings is 1. The minimum atomic E-state index is 0.0313. The van der Waals surface area contributed by atoms with Crippen molar-refractivity contribution in [2.45, 2.75) is 13.0 Å². The largest absolute Gasteiger partial charge is 0.329 e. The third-order valence-electron chi connectivity index (χ3n) is 5.23. The van der Waals surface area contributed by atoms with E-state index in [2.05, 4.69) is 29.1 Å². The number of hydrogen-bond donors (Lipinski definition) is 0. The molecule has 5 heteroatoms. The standard InChI is InChI=1S/C22H22ClN3O/c1-15-19(13-17-12-18(23)8-9-20(17)24-15)22(27)26-11-10-25(2)14-21(26)16-6-4-3-5-7-16/h3-9,12-13,21H,10-11,14H2,1-2H3. The molecule has 1 aliphatic rings.